The Morgan fingerprint density at radius 3 is 2.39 bits per heavy atom. The molecule has 2 aliphatic heterocycles. The number of nitrogens with zero attached hydrogens (tertiary/aromatic N) is 4. The molecule has 9 nitrogen and oxygen atoms in total. The van der Waals surface area contributed by atoms with E-state index in [0.717, 1.165) is 37.6 Å². The molecule has 31 heavy (non-hydrogen) atoms. The summed E-state index contributed by atoms with van der Waals surface area (Å²) in [6.07, 6.45) is 1.49. The largest absolute Gasteiger partial charge is 0.379 e. The highest BCUT2D eigenvalue weighted by molar-refractivity contribution is 7.89. The molecule has 2 saturated heterocycles. The van der Waals surface area contributed by atoms with Crippen molar-refractivity contribution >= 4 is 27.3 Å². The van der Waals surface area contributed by atoms with Gasteiger partial charge in [0.2, 0.25) is 10.0 Å². The number of likely N-dealkylation sites (N-methyl/N-ethyl adjacent to an activating group) is 1. The second-order valence-corrected chi connectivity index (χ2v) is 9.89. The average Bonchev–Trinajstić information content (AvgIpc) is 3.18. The molecule has 0 bridgehead atoms. The molecule has 1 aromatic heterocycles. The molecule has 3 heterocycles. The van der Waals surface area contributed by atoms with Gasteiger partial charge >= 0.3 is 0 Å². The van der Waals surface area contributed by atoms with Crippen LogP contribution in [0.3, 0.4) is 0 Å². The summed E-state index contributed by atoms with van der Waals surface area (Å²) in [5.74, 6) is -0.340. The van der Waals surface area contributed by atoms with Crippen LogP contribution in [0.5, 0.6) is 0 Å². The molecule has 2 fully saturated rings. The fourth-order valence-electron chi connectivity index (χ4n) is 3.93. The number of hydrogen-bond acceptors (Lipinski definition) is 6. The molecule has 1 N–H and O–H groups in total. The van der Waals surface area contributed by atoms with Crippen LogP contribution in [0.2, 0.25) is 0 Å². The number of morpholine rings is 1. The van der Waals surface area contributed by atoms with Crippen molar-refractivity contribution in [3.05, 3.63) is 42.2 Å². The molecule has 2 aromatic rings. The molecule has 0 radical (unpaired) electrons. The zero-order chi connectivity index (χ0) is 22.0. The lowest BCUT2D eigenvalue weighted by Crippen LogP contribution is -2.44. The van der Waals surface area contributed by atoms with Crippen LogP contribution in [-0.2, 0) is 21.8 Å². The number of carbonyl (C=O) groups excluding carboxylic acids is 1. The van der Waals surface area contributed by atoms with Crippen LogP contribution < -0.4 is 10.2 Å². The van der Waals surface area contributed by atoms with E-state index in [1.807, 2.05) is 24.3 Å². The first-order valence-electron chi connectivity index (χ1n) is 10.4. The Morgan fingerprint density at radius 2 is 1.68 bits per heavy atom. The van der Waals surface area contributed by atoms with Crippen LogP contribution >= 0.6 is 0 Å². The minimum atomic E-state index is -3.66. The monoisotopic (exact) mass is 447 g/mol. The molecule has 0 atom stereocenters. The van der Waals surface area contributed by atoms with Crippen molar-refractivity contribution in [2.45, 2.75) is 4.90 Å². The molecule has 0 aliphatic carbocycles. The number of sulfonamides is 1. The summed E-state index contributed by atoms with van der Waals surface area (Å²) >= 11 is 0. The molecule has 2 aliphatic rings. The Bertz CT molecular complexity index is 1040. The van der Waals surface area contributed by atoms with Crippen molar-refractivity contribution in [3.8, 4) is 0 Å². The molecule has 1 amide bonds. The standard InChI is InChI=1S/C21H29N5O4S/c1-23-7-9-25(10-8-23)19-6-4-3-5-18(19)22-21(27)20-15-17(16-24(20)2)31(28,29)26-11-13-30-14-12-26/h3-6,15-16H,7-14H2,1-2H3,(H,22,27). The predicted octanol–water partition coefficient (Wildman–Crippen LogP) is 1.05. The highest BCUT2D eigenvalue weighted by Gasteiger charge is 2.29. The molecule has 168 valence electrons. The number of piperazine rings is 1. The maximum absolute atomic E-state index is 13.1. The summed E-state index contributed by atoms with van der Waals surface area (Å²) in [6, 6.07) is 9.16. The highest BCUT2D eigenvalue weighted by Crippen LogP contribution is 2.27. The zero-order valence-electron chi connectivity index (χ0n) is 18.0. The first-order valence-corrected chi connectivity index (χ1v) is 11.9. The maximum Gasteiger partial charge on any atom is 0.272 e. The van der Waals surface area contributed by atoms with E-state index in [2.05, 4.69) is 22.2 Å². The number of ether oxygens (including phenoxy) is 1. The molecule has 0 spiro atoms. The van der Waals surface area contributed by atoms with Crippen molar-refractivity contribution < 1.29 is 17.9 Å². The van der Waals surface area contributed by atoms with Crippen LogP contribution in [0.15, 0.2) is 41.4 Å². The third-order valence-electron chi connectivity index (χ3n) is 5.82. The van der Waals surface area contributed by atoms with Gasteiger partial charge in [0.1, 0.15) is 10.6 Å². The minimum absolute atomic E-state index is 0.120. The molecule has 0 saturated carbocycles. The smallest absolute Gasteiger partial charge is 0.272 e. The number of hydrogen-bond donors (Lipinski definition) is 1. The van der Waals surface area contributed by atoms with Crippen molar-refractivity contribution in [1.29, 1.82) is 0 Å². The fourth-order valence-corrected chi connectivity index (χ4v) is 5.41. The first-order chi connectivity index (χ1) is 14.9. The second-order valence-electron chi connectivity index (χ2n) is 7.95. The van der Waals surface area contributed by atoms with E-state index >= 15 is 0 Å². The Hall–Kier alpha value is -2.40. The molecule has 0 unspecified atom stereocenters. The number of amides is 1. The van der Waals surface area contributed by atoms with Crippen LogP contribution in [-0.4, -0.2) is 87.6 Å². The normalized spacial score (nSPS) is 18.8. The summed E-state index contributed by atoms with van der Waals surface area (Å²) in [6.45, 7) is 5.08. The first kappa shape index (κ1) is 21.8. The number of aromatic nitrogens is 1. The Morgan fingerprint density at radius 1 is 1.00 bits per heavy atom. The summed E-state index contributed by atoms with van der Waals surface area (Å²) in [7, 11) is 0.119. The molecular weight excluding hydrogens is 418 g/mol. The summed E-state index contributed by atoms with van der Waals surface area (Å²) in [5, 5.41) is 2.98. The maximum atomic E-state index is 13.1. The molecule has 10 heteroatoms. The van der Waals surface area contributed by atoms with Crippen LogP contribution in [0.25, 0.3) is 0 Å². The number of rotatable bonds is 5. The van der Waals surface area contributed by atoms with Crippen molar-refractivity contribution in [2.75, 3.05) is 69.7 Å². The van der Waals surface area contributed by atoms with Crippen molar-refractivity contribution in [3.63, 3.8) is 0 Å². The quantitative estimate of drug-likeness (QED) is 0.737. The lowest BCUT2D eigenvalue weighted by molar-refractivity contribution is 0.0730. The Balaban J connectivity index is 1.54. The number of aryl methyl sites for hydroxylation is 1. The van der Waals surface area contributed by atoms with Gasteiger partial charge < -0.3 is 24.4 Å². The van der Waals surface area contributed by atoms with E-state index in [-0.39, 0.29) is 10.8 Å². The van der Waals surface area contributed by atoms with Crippen LogP contribution in [0, 0.1) is 0 Å². The molecule has 1 aromatic carbocycles. The van der Waals surface area contributed by atoms with E-state index in [4.69, 9.17) is 4.74 Å². The number of carbonyl (C=O) groups is 1. The van der Waals surface area contributed by atoms with E-state index < -0.39 is 10.0 Å². The van der Waals surface area contributed by atoms with Gasteiger partial charge in [0.25, 0.3) is 5.91 Å². The topological polar surface area (TPSA) is 87.1 Å². The number of nitrogens with one attached hydrogen (secondary N) is 1. The summed E-state index contributed by atoms with van der Waals surface area (Å²) < 4.78 is 34.1. The van der Waals surface area contributed by atoms with Gasteiger partial charge in [0, 0.05) is 52.5 Å². The van der Waals surface area contributed by atoms with Gasteiger partial charge in [0.15, 0.2) is 0 Å². The van der Waals surface area contributed by atoms with E-state index in [9.17, 15) is 13.2 Å². The number of para-hydroxylation sites is 2. The van der Waals surface area contributed by atoms with Gasteiger partial charge in [0.05, 0.1) is 24.6 Å². The third kappa shape index (κ3) is 4.62. The van der Waals surface area contributed by atoms with E-state index in [0.29, 0.717) is 32.0 Å². The third-order valence-corrected chi connectivity index (χ3v) is 7.68. The fraction of sp³-hybridized carbons (Fsp3) is 0.476. The second kappa shape index (κ2) is 8.99. The molecule has 4 rings (SSSR count). The predicted molar refractivity (Wildman–Crippen MR) is 119 cm³/mol. The highest BCUT2D eigenvalue weighted by atomic mass is 32.2. The zero-order valence-corrected chi connectivity index (χ0v) is 18.8. The SMILES string of the molecule is CN1CCN(c2ccccc2NC(=O)c2cc(S(=O)(=O)N3CCOCC3)cn2C)CC1. The Labute approximate surface area is 183 Å². The number of benzene rings is 1. The van der Waals surface area contributed by atoms with Crippen LogP contribution in [0.1, 0.15) is 10.5 Å². The van der Waals surface area contributed by atoms with Gasteiger partial charge in [-0.3, -0.25) is 4.79 Å². The van der Waals surface area contributed by atoms with Gasteiger partial charge in [-0.1, -0.05) is 12.1 Å². The Kier molecular flexibility index (Phi) is 6.33. The average molecular weight is 448 g/mol. The van der Waals surface area contributed by atoms with E-state index in [1.165, 1.54) is 16.6 Å². The van der Waals surface area contributed by atoms with Gasteiger partial charge in [-0.05, 0) is 25.2 Å². The summed E-state index contributed by atoms with van der Waals surface area (Å²) in [4.78, 5) is 17.7. The lowest BCUT2D eigenvalue weighted by Gasteiger charge is -2.35. The molecular formula is C21H29N5O4S. The van der Waals surface area contributed by atoms with Crippen molar-refractivity contribution in [1.82, 2.24) is 13.8 Å². The van der Waals surface area contributed by atoms with Crippen LogP contribution in [0.4, 0.5) is 11.4 Å². The lowest BCUT2D eigenvalue weighted by atomic mass is 10.2. The minimum Gasteiger partial charge on any atom is -0.379 e. The van der Waals surface area contributed by atoms with Gasteiger partial charge in [-0.15, -0.1) is 0 Å². The van der Waals surface area contributed by atoms with Gasteiger partial charge in [-0.2, -0.15) is 4.31 Å². The van der Waals surface area contributed by atoms with Gasteiger partial charge in [-0.25, -0.2) is 8.42 Å². The summed E-state index contributed by atoms with van der Waals surface area (Å²) in [5.41, 5.74) is 1.98. The van der Waals surface area contributed by atoms with E-state index in [1.54, 1.807) is 11.6 Å². The van der Waals surface area contributed by atoms with Crippen molar-refractivity contribution in [2.24, 2.45) is 7.05 Å². The number of anilines is 2.